The van der Waals surface area contributed by atoms with Crippen LogP contribution in [0.5, 0.6) is 5.88 Å². The standard InChI is InChI=1S/C23H28N4O4S/c1-12-14(13(2)24-20-18(12)21(30-4)26-27(20)3)10-11-17(28)25-22-19(23(29)31-5)15-8-6-7-9-16(15)32-22/h6-11H2,1-5H3,(H,25,28). The van der Waals surface area contributed by atoms with Crippen LogP contribution >= 0.6 is 11.3 Å². The molecular weight excluding hydrogens is 428 g/mol. The molecule has 1 aliphatic carbocycles. The third-order valence-electron chi connectivity index (χ3n) is 6.13. The number of aromatic nitrogens is 3. The third-order valence-corrected chi connectivity index (χ3v) is 7.34. The lowest BCUT2D eigenvalue weighted by Crippen LogP contribution is -2.16. The van der Waals surface area contributed by atoms with Gasteiger partial charge in [-0.1, -0.05) is 0 Å². The number of carbonyl (C=O) groups is 2. The van der Waals surface area contributed by atoms with Gasteiger partial charge in [-0.3, -0.25) is 4.79 Å². The van der Waals surface area contributed by atoms with Crippen molar-refractivity contribution in [2.24, 2.45) is 7.05 Å². The summed E-state index contributed by atoms with van der Waals surface area (Å²) in [6.07, 6.45) is 4.75. The maximum absolute atomic E-state index is 12.9. The number of amides is 1. The predicted octanol–water partition coefficient (Wildman–Crippen LogP) is 3.89. The highest BCUT2D eigenvalue weighted by molar-refractivity contribution is 7.17. The molecule has 0 saturated carbocycles. The number of anilines is 1. The molecule has 0 radical (unpaired) electrons. The normalized spacial score (nSPS) is 13.2. The van der Waals surface area contributed by atoms with Crippen molar-refractivity contribution in [1.29, 1.82) is 0 Å². The zero-order valence-corrected chi connectivity index (χ0v) is 19.9. The van der Waals surface area contributed by atoms with E-state index in [0.717, 1.165) is 59.1 Å². The average molecular weight is 457 g/mol. The molecule has 0 unspecified atom stereocenters. The van der Waals surface area contributed by atoms with Crippen molar-refractivity contribution in [3.8, 4) is 5.88 Å². The predicted molar refractivity (Wildman–Crippen MR) is 124 cm³/mol. The molecule has 1 amide bonds. The Morgan fingerprint density at radius 3 is 2.66 bits per heavy atom. The number of thiophene rings is 1. The van der Waals surface area contributed by atoms with Gasteiger partial charge in [-0.2, -0.15) is 0 Å². The van der Waals surface area contributed by atoms with E-state index < -0.39 is 0 Å². The van der Waals surface area contributed by atoms with E-state index in [-0.39, 0.29) is 18.3 Å². The second-order valence-corrected chi connectivity index (χ2v) is 9.19. The molecule has 0 aliphatic heterocycles. The van der Waals surface area contributed by atoms with Crippen LogP contribution in [0.4, 0.5) is 5.00 Å². The summed E-state index contributed by atoms with van der Waals surface area (Å²) in [5.74, 6) is 0.0144. The van der Waals surface area contributed by atoms with Crippen molar-refractivity contribution >= 4 is 39.2 Å². The van der Waals surface area contributed by atoms with E-state index >= 15 is 0 Å². The van der Waals surface area contributed by atoms with Crippen LogP contribution in [0.15, 0.2) is 0 Å². The van der Waals surface area contributed by atoms with Gasteiger partial charge in [-0.15, -0.1) is 16.4 Å². The first kappa shape index (κ1) is 22.3. The Bertz CT molecular complexity index is 1210. The monoisotopic (exact) mass is 456 g/mol. The van der Waals surface area contributed by atoms with Gasteiger partial charge in [0.1, 0.15) is 5.00 Å². The highest BCUT2D eigenvalue weighted by Gasteiger charge is 2.27. The molecule has 4 rings (SSSR count). The number of aryl methyl sites for hydroxylation is 4. The summed E-state index contributed by atoms with van der Waals surface area (Å²) in [4.78, 5) is 31.1. The fourth-order valence-corrected chi connectivity index (χ4v) is 5.80. The average Bonchev–Trinajstić information content (AvgIpc) is 3.29. The second-order valence-electron chi connectivity index (χ2n) is 8.09. The van der Waals surface area contributed by atoms with Gasteiger partial charge >= 0.3 is 5.97 Å². The molecule has 0 aromatic carbocycles. The zero-order chi connectivity index (χ0) is 23.0. The van der Waals surface area contributed by atoms with Crippen LogP contribution in [0, 0.1) is 13.8 Å². The maximum Gasteiger partial charge on any atom is 0.341 e. The van der Waals surface area contributed by atoms with Crippen molar-refractivity contribution < 1.29 is 19.1 Å². The third kappa shape index (κ3) is 3.85. The lowest BCUT2D eigenvalue weighted by Gasteiger charge is -2.12. The SMILES string of the molecule is COC(=O)c1c(NC(=O)CCc2c(C)nc3c(c(OC)nn3C)c2C)sc2c1CCCC2. The number of ether oxygens (including phenoxy) is 2. The Balaban J connectivity index is 1.56. The van der Waals surface area contributed by atoms with E-state index in [1.165, 1.54) is 23.3 Å². The lowest BCUT2D eigenvalue weighted by atomic mass is 9.95. The molecule has 170 valence electrons. The minimum Gasteiger partial charge on any atom is -0.479 e. The van der Waals surface area contributed by atoms with E-state index in [9.17, 15) is 9.59 Å². The van der Waals surface area contributed by atoms with Gasteiger partial charge < -0.3 is 14.8 Å². The molecule has 9 heteroatoms. The van der Waals surface area contributed by atoms with Crippen LogP contribution in [0.3, 0.4) is 0 Å². The fraction of sp³-hybridized carbons (Fsp3) is 0.478. The number of pyridine rings is 1. The van der Waals surface area contributed by atoms with Crippen LogP contribution in [0.25, 0.3) is 11.0 Å². The molecular formula is C23H28N4O4S. The Kier molecular flexibility index (Phi) is 6.19. The quantitative estimate of drug-likeness (QED) is 0.566. The van der Waals surface area contributed by atoms with E-state index in [1.54, 1.807) is 11.8 Å². The fourth-order valence-electron chi connectivity index (χ4n) is 4.51. The molecule has 0 atom stereocenters. The molecule has 0 spiro atoms. The maximum atomic E-state index is 12.9. The van der Waals surface area contributed by atoms with Crippen LogP contribution in [0.1, 0.15) is 56.9 Å². The van der Waals surface area contributed by atoms with E-state index in [1.807, 2.05) is 20.9 Å². The molecule has 32 heavy (non-hydrogen) atoms. The number of hydrogen-bond donors (Lipinski definition) is 1. The van der Waals surface area contributed by atoms with E-state index in [0.29, 0.717) is 22.9 Å². The minimum absolute atomic E-state index is 0.134. The summed E-state index contributed by atoms with van der Waals surface area (Å²) in [6, 6.07) is 0. The Morgan fingerprint density at radius 1 is 1.19 bits per heavy atom. The highest BCUT2D eigenvalue weighted by atomic mass is 32.1. The number of nitrogens with one attached hydrogen (secondary N) is 1. The number of methoxy groups -OCH3 is 2. The van der Waals surface area contributed by atoms with Crippen molar-refractivity contribution in [2.75, 3.05) is 19.5 Å². The summed E-state index contributed by atoms with van der Waals surface area (Å²) in [6.45, 7) is 3.96. The van der Waals surface area contributed by atoms with Gasteiger partial charge in [-0.25, -0.2) is 14.5 Å². The number of fused-ring (bicyclic) bond motifs is 2. The zero-order valence-electron chi connectivity index (χ0n) is 19.1. The van der Waals surface area contributed by atoms with Crippen LogP contribution in [-0.4, -0.2) is 40.9 Å². The molecule has 1 aliphatic rings. The summed E-state index contributed by atoms with van der Waals surface area (Å²) >= 11 is 1.50. The van der Waals surface area contributed by atoms with Gasteiger partial charge in [-0.05, 0) is 62.6 Å². The van der Waals surface area contributed by atoms with Gasteiger partial charge in [0.2, 0.25) is 11.8 Å². The number of esters is 1. The van der Waals surface area contributed by atoms with Crippen LogP contribution in [-0.2, 0) is 35.8 Å². The van der Waals surface area contributed by atoms with Gasteiger partial charge in [0.25, 0.3) is 0 Å². The highest BCUT2D eigenvalue weighted by Crippen LogP contribution is 2.38. The smallest absolute Gasteiger partial charge is 0.341 e. The Labute approximate surface area is 190 Å². The first-order chi connectivity index (χ1) is 15.3. The molecule has 1 N–H and O–H groups in total. The number of rotatable bonds is 6. The minimum atomic E-state index is -0.385. The summed E-state index contributed by atoms with van der Waals surface area (Å²) < 4.78 is 12.1. The summed E-state index contributed by atoms with van der Waals surface area (Å²) in [5, 5.41) is 8.82. The van der Waals surface area contributed by atoms with Crippen LogP contribution < -0.4 is 10.1 Å². The van der Waals surface area contributed by atoms with Crippen LogP contribution in [0.2, 0.25) is 0 Å². The van der Waals surface area contributed by atoms with Gasteiger partial charge in [0, 0.05) is 24.0 Å². The van der Waals surface area contributed by atoms with Crippen molar-refractivity contribution in [1.82, 2.24) is 14.8 Å². The van der Waals surface area contributed by atoms with Crippen molar-refractivity contribution in [3.63, 3.8) is 0 Å². The first-order valence-electron chi connectivity index (χ1n) is 10.7. The van der Waals surface area contributed by atoms with Crippen molar-refractivity contribution in [2.45, 2.75) is 52.4 Å². The molecule has 0 saturated heterocycles. The van der Waals surface area contributed by atoms with E-state index in [4.69, 9.17) is 9.47 Å². The van der Waals surface area contributed by atoms with Gasteiger partial charge in [0.15, 0.2) is 5.65 Å². The number of nitrogens with zero attached hydrogens (tertiary/aromatic N) is 3. The number of hydrogen-bond acceptors (Lipinski definition) is 7. The summed E-state index contributed by atoms with van der Waals surface area (Å²) in [5.41, 5.74) is 5.22. The number of carbonyl (C=O) groups excluding carboxylic acids is 2. The summed E-state index contributed by atoms with van der Waals surface area (Å²) in [7, 11) is 4.80. The van der Waals surface area contributed by atoms with E-state index in [2.05, 4.69) is 15.4 Å². The second kappa shape index (κ2) is 8.90. The molecule has 0 bridgehead atoms. The molecule has 8 nitrogen and oxygen atoms in total. The van der Waals surface area contributed by atoms with Crippen molar-refractivity contribution in [3.05, 3.63) is 32.8 Å². The van der Waals surface area contributed by atoms with Gasteiger partial charge in [0.05, 0.1) is 25.2 Å². The first-order valence-corrected chi connectivity index (χ1v) is 11.6. The largest absolute Gasteiger partial charge is 0.479 e. The molecule has 3 aromatic rings. The Morgan fingerprint density at radius 2 is 1.94 bits per heavy atom. The molecule has 3 heterocycles. The Hall–Kier alpha value is -2.94. The molecule has 0 fully saturated rings. The topological polar surface area (TPSA) is 95.3 Å². The molecule has 3 aromatic heterocycles. The lowest BCUT2D eigenvalue weighted by molar-refractivity contribution is -0.116.